The van der Waals surface area contributed by atoms with E-state index in [2.05, 4.69) is 48.5 Å². The Morgan fingerprint density at radius 2 is 0.465 bits per heavy atom. The fraction of sp³-hybridized carbons (Fsp3) is 0.950. The second-order valence-corrected chi connectivity index (χ2v) is 33.1. The van der Waals surface area contributed by atoms with Crippen LogP contribution in [0.5, 0.6) is 0 Å². The summed E-state index contributed by atoms with van der Waals surface area (Å²) < 4.78 is 68.7. The lowest BCUT2D eigenvalue weighted by Gasteiger charge is -2.21. The summed E-state index contributed by atoms with van der Waals surface area (Å²) in [5, 5.41) is 10.6. The lowest BCUT2D eigenvalue weighted by Crippen LogP contribution is -2.30. The van der Waals surface area contributed by atoms with Crippen LogP contribution in [0.1, 0.15) is 414 Å². The maximum absolute atomic E-state index is 13.1. The van der Waals surface area contributed by atoms with Crippen molar-refractivity contribution in [2.75, 3.05) is 39.6 Å². The molecule has 0 aromatic heterocycles. The minimum Gasteiger partial charge on any atom is -0.462 e. The zero-order chi connectivity index (χ0) is 73.0. The molecule has 3 N–H and O–H groups in total. The summed E-state index contributed by atoms with van der Waals surface area (Å²) in [4.78, 5) is 73.0. The standard InChI is InChI=1S/C80H156O17P2/c1-8-9-10-11-12-13-33-40-47-54-61-77(82)90-67-75(96-80(85)64-57-50-43-36-29-23-17-20-26-32-39-46-53-60-73(6)7)69-94-98(86,87)92-65-74(81)66-93-99(88,89)95-70-76(68-91-78(83)62-55-48-41-34-27-22-16-19-25-31-38-45-52-59-72(4)5)97-79(84)63-56-49-42-35-28-21-15-14-18-24-30-37-44-51-58-71(2)3/h71-76,81H,8-70H2,1-7H3,(H,86,87)(H,88,89)/t74-,75+,76+/m0/s1. The fourth-order valence-electron chi connectivity index (χ4n) is 12.3. The van der Waals surface area contributed by atoms with Crippen LogP contribution < -0.4 is 0 Å². The quantitative estimate of drug-likeness (QED) is 0.0222. The van der Waals surface area contributed by atoms with E-state index in [1.54, 1.807) is 0 Å². The summed E-state index contributed by atoms with van der Waals surface area (Å²) in [7, 11) is -9.92. The molecule has 0 aromatic carbocycles. The van der Waals surface area contributed by atoms with Crippen LogP contribution >= 0.6 is 15.6 Å². The molecule has 0 bridgehead atoms. The lowest BCUT2D eigenvalue weighted by molar-refractivity contribution is -0.161. The monoisotopic (exact) mass is 1450 g/mol. The van der Waals surface area contributed by atoms with E-state index in [1.807, 2.05) is 0 Å². The third kappa shape index (κ3) is 74.1. The molecule has 0 aliphatic carbocycles. The van der Waals surface area contributed by atoms with Gasteiger partial charge in [0.05, 0.1) is 26.4 Å². The Hall–Kier alpha value is -1.94. The number of phosphoric ester groups is 2. The van der Waals surface area contributed by atoms with Crippen LogP contribution in [-0.2, 0) is 65.4 Å². The largest absolute Gasteiger partial charge is 0.472 e. The molecule has 0 aliphatic heterocycles. The molecule has 5 atom stereocenters. The Morgan fingerprint density at radius 1 is 0.273 bits per heavy atom. The molecule has 0 aromatic rings. The first kappa shape index (κ1) is 97.1. The van der Waals surface area contributed by atoms with Crippen molar-refractivity contribution in [2.45, 2.75) is 433 Å². The maximum Gasteiger partial charge on any atom is 0.472 e. The van der Waals surface area contributed by atoms with Gasteiger partial charge in [-0.15, -0.1) is 0 Å². The van der Waals surface area contributed by atoms with E-state index in [4.69, 9.17) is 37.0 Å². The van der Waals surface area contributed by atoms with Crippen LogP contribution in [0.3, 0.4) is 0 Å². The molecule has 0 fully saturated rings. The zero-order valence-corrected chi connectivity index (χ0v) is 66.8. The molecule has 0 rings (SSSR count). The highest BCUT2D eigenvalue weighted by Crippen LogP contribution is 2.45. The first-order chi connectivity index (χ1) is 47.7. The molecule has 0 aliphatic rings. The molecule has 588 valence electrons. The molecule has 2 unspecified atom stereocenters. The lowest BCUT2D eigenvalue weighted by atomic mass is 10.0. The van der Waals surface area contributed by atoms with Gasteiger partial charge < -0.3 is 33.8 Å². The second-order valence-electron chi connectivity index (χ2n) is 30.2. The number of esters is 4. The van der Waals surface area contributed by atoms with Crippen molar-refractivity contribution in [3.8, 4) is 0 Å². The van der Waals surface area contributed by atoms with Crippen molar-refractivity contribution in [3.63, 3.8) is 0 Å². The Kier molecular flexibility index (Phi) is 69.0. The number of unbranched alkanes of at least 4 members (excludes halogenated alkanes) is 46. The minimum atomic E-state index is -4.96. The average molecular weight is 1450 g/mol. The normalized spacial score (nSPS) is 14.0. The molecule has 0 saturated carbocycles. The minimum absolute atomic E-state index is 0.107. The zero-order valence-electron chi connectivity index (χ0n) is 65.0. The predicted octanol–water partition coefficient (Wildman–Crippen LogP) is 23.7. The van der Waals surface area contributed by atoms with Gasteiger partial charge in [-0.25, -0.2) is 9.13 Å². The van der Waals surface area contributed by atoms with E-state index >= 15 is 0 Å². The van der Waals surface area contributed by atoms with Gasteiger partial charge in [-0.1, -0.05) is 363 Å². The van der Waals surface area contributed by atoms with Crippen LogP contribution in [0.15, 0.2) is 0 Å². The number of hydrogen-bond donors (Lipinski definition) is 3. The highest BCUT2D eigenvalue weighted by atomic mass is 31.2. The van der Waals surface area contributed by atoms with E-state index in [0.717, 1.165) is 108 Å². The molecule has 0 spiro atoms. The molecule has 0 saturated heterocycles. The number of rotatable bonds is 78. The number of aliphatic hydroxyl groups excluding tert-OH is 1. The Bertz CT molecular complexity index is 1920. The van der Waals surface area contributed by atoms with Crippen molar-refractivity contribution >= 4 is 39.5 Å². The third-order valence-corrected chi connectivity index (χ3v) is 20.5. The topological polar surface area (TPSA) is 237 Å². The molecule has 0 radical (unpaired) electrons. The van der Waals surface area contributed by atoms with Gasteiger partial charge in [0, 0.05) is 25.7 Å². The smallest absolute Gasteiger partial charge is 0.462 e. The number of carbonyl (C=O) groups excluding carboxylic acids is 4. The van der Waals surface area contributed by atoms with Crippen LogP contribution in [0.2, 0.25) is 0 Å². The van der Waals surface area contributed by atoms with Crippen LogP contribution in [-0.4, -0.2) is 96.7 Å². The summed E-state index contributed by atoms with van der Waals surface area (Å²) in [6, 6.07) is 0. The Balaban J connectivity index is 5.25. The first-order valence-electron chi connectivity index (χ1n) is 41.3. The summed E-state index contributed by atoms with van der Waals surface area (Å²) in [5.74, 6) is 0.262. The van der Waals surface area contributed by atoms with Gasteiger partial charge in [0.1, 0.15) is 19.3 Å². The summed E-state index contributed by atoms with van der Waals surface area (Å²) in [6.45, 7) is 12.0. The maximum atomic E-state index is 13.1. The van der Waals surface area contributed by atoms with Gasteiger partial charge >= 0.3 is 39.5 Å². The van der Waals surface area contributed by atoms with E-state index in [1.165, 1.54) is 225 Å². The molecule has 0 heterocycles. The fourth-order valence-corrected chi connectivity index (χ4v) is 13.9. The Morgan fingerprint density at radius 3 is 0.687 bits per heavy atom. The van der Waals surface area contributed by atoms with Crippen LogP contribution in [0, 0.1) is 17.8 Å². The van der Waals surface area contributed by atoms with Crippen molar-refractivity contribution in [2.24, 2.45) is 17.8 Å². The summed E-state index contributed by atoms with van der Waals surface area (Å²) in [5.41, 5.74) is 0. The van der Waals surface area contributed by atoms with E-state index in [-0.39, 0.29) is 25.7 Å². The van der Waals surface area contributed by atoms with Gasteiger partial charge in [-0.3, -0.25) is 37.3 Å². The second kappa shape index (κ2) is 70.4. The molecule has 99 heavy (non-hydrogen) atoms. The number of hydrogen-bond acceptors (Lipinski definition) is 15. The highest BCUT2D eigenvalue weighted by Gasteiger charge is 2.30. The van der Waals surface area contributed by atoms with Gasteiger partial charge in [0.2, 0.25) is 0 Å². The van der Waals surface area contributed by atoms with Crippen LogP contribution in [0.25, 0.3) is 0 Å². The van der Waals surface area contributed by atoms with Crippen LogP contribution in [0.4, 0.5) is 0 Å². The molecule has 17 nitrogen and oxygen atoms in total. The number of aliphatic hydroxyl groups is 1. The van der Waals surface area contributed by atoms with Crippen molar-refractivity contribution in [3.05, 3.63) is 0 Å². The van der Waals surface area contributed by atoms with Gasteiger partial charge in [0.25, 0.3) is 0 Å². The highest BCUT2D eigenvalue weighted by molar-refractivity contribution is 7.47. The molecular formula is C80H156O17P2. The number of ether oxygens (including phenoxy) is 4. The molecular weight excluding hydrogens is 1290 g/mol. The van der Waals surface area contributed by atoms with Crippen molar-refractivity contribution in [1.82, 2.24) is 0 Å². The van der Waals surface area contributed by atoms with Gasteiger partial charge in [0.15, 0.2) is 12.2 Å². The third-order valence-electron chi connectivity index (χ3n) is 18.6. The van der Waals surface area contributed by atoms with Crippen molar-refractivity contribution in [1.29, 1.82) is 0 Å². The van der Waals surface area contributed by atoms with E-state index < -0.39 is 97.5 Å². The van der Waals surface area contributed by atoms with E-state index in [0.29, 0.717) is 25.7 Å². The SMILES string of the molecule is CCCCCCCCCCCCC(=O)OC[C@H](COP(=O)(O)OC[C@H](O)COP(=O)(O)OC[C@@H](COC(=O)CCCCCCCCCCCCCCCC(C)C)OC(=O)CCCCCCCCCCCCCCCCC(C)C)OC(=O)CCCCCCCCCCCCCCCC(C)C. The first-order valence-corrected chi connectivity index (χ1v) is 44.3. The van der Waals surface area contributed by atoms with Crippen molar-refractivity contribution < 1.29 is 80.2 Å². The summed E-state index contributed by atoms with van der Waals surface area (Å²) in [6.07, 6.45) is 58.1. The van der Waals surface area contributed by atoms with Gasteiger partial charge in [-0.2, -0.15) is 0 Å². The average Bonchev–Trinajstić information content (AvgIpc) is 1.89. The Labute approximate surface area is 607 Å². The summed E-state index contributed by atoms with van der Waals surface area (Å²) >= 11 is 0. The predicted molar refractivity (Wildman–Crippen MR) is 405 cm³/mol. The molecule has 19 heteroatoms. The number of carbonyl (C=O) groups is 4. The number of phosphoric acid groups is 2. The van der Waals surface area contributed by atoms with Gasteiger partial charge in [-0.05, 0) is 43.4 Å². The molecule has 0 amide bonds. The van der Waals surface area contributed by atoms with E-state index in [9.17, 15) is 43.2 Å².